The van der Waals surface area contributed by atoms with Gasteiger partial charge in [0.05, 0.1) is 0 Å². The molecule has 1 aliphatic rings. The Morgan fingerprint density at radius 2 is 1.86 bits per heavy atom. The van der Waals surface area contributed by atoms with Crippen molar-refractivity contribution in [3.63, 3.8) is 0 Å². The molecule has 1 unspecified atom stereocenters. The molecule has 1 saturated heterocycles. The second-order valence-corrected chi connectivity index (χ2v) is 7.14. The van der Waals surface area contributed by atoms with Gasteiger partial charge in [0.15, 0.2) is 0 Å². The van der Waals surface area contributed by atoms with Crippen LogP contribution in [0.5, 0.6) is 0 Å². The molecular formula is C21H26N4O4. The number of hydrogen-bond donors (Lipinski definition) is 2. The number of aromatic nitrogens is 1. The number of rotatable bonds is 6. The summed E-state index contributed by atoms with van der Waals surface area (Å²) in [7, 11) is 0. The van der Waals surface area contributed by atoms with Crippen molar-refractivity contribution in [3.8, 4) is 0 Å². The Morgan fingerprint density at radius 1 is 1.14 bits per heavy atom. The molecule has 0 spiro atoms. The van der Waals surface area contributed by atoms with Gasteiger partial charge in [-0.15, -0.1) is 0 Å². The fraction of sp³-hybridized carbons (Fsp3) is 0.381. The highest BCUT2D eigenvalue weighted by Gasteiger charge is 2.22. The molecule has 1 aromatic carbocycles. The van der Waals surface area contributed by atoms with Gasteiger partial charge >= 0.3 is 6.09 Å². The summed E-state index contributed by atoms with van der Waals surface area (Å²) >= 11 is 0. The summed E-state index contributed by atoms with van der Waals surface area (Å²) in [4.78, 5) is 31.6. The Labute approximate surface area is 170 Å². The van der Waals surface area contributed by atoms with Crippen LogP contribution in [0.25, 0.3) is 0 Å². The zero-order valence-corrected chi connectivity index (χ0v) is 16.5. The number of pyridine rings is 1. The van der Waals surface area contributed by atoms with Crippen LogP contribution in [0, 0.1) is 5.92 Å². The number of carbonyl (C=O) groups is 2. The van der Waals surface area contributed by atoms with Crippen molar-refractivity contribution < 1.29 is 19.5 Å². The topological polar surface area (TPSA) is 95.0 Å². The van der Waals surface area contributed by atoms with Crippen LogP contribution >= 0.6 is 0 Å². The number of benzene rings is 1. The number of piperazine rings is 1. The largest absolute Gasteiger partial charge is 0.444 e. The predicted octanol–water partition coefficient (Wildman–Crippen LogP) is 2.22. The highest BCUT2D eigenvalue weighted by atomic mass is 16.6. The SMILES string of the molecule is CC(Cc1ccc(N2CCN(C(=O)OCc3cccnc3)CC2)cc1)C(=O)NO. The van der Waals surface area contributed by atoms with Crippen molar-refractivity contribution in [2.75, 3.05) is 31.1 Å². The van der Waals surface area contributed by atoms with E-state index in [0.717, 1.165) is 29.9 Å². The first-order chi connectivity index (χ1) is 14.1. The third-order valence-corrected chi connectivity index (χ3v) is 5.02. The molecule has 0 saturated carbocycles. The number of ether oxygens (including phenoxy) is 1. The second-order valence-electron chi connectivity index (χ2n) is 7.14. The molecule has 0 radical (unpaired) electrons. The third kappa shape index (κ3) is 5.68. The van der Waals surface area contributed by atoms with Gasteiger partial charge in [0, 0.05) is 55.7 Å². The van der Waals surface area contributed by atoms with Crippen molar-refractivity contribution in [2.45, 2.75) is 20.0 Å². The number of hydroxylamine groups is 1. The van der Waals surface area contributed by atoms with E-state index in [-0.39, 0.29) is 24.5 Å². The molecule has 154 valence electrons. The van der Waals surface area contributed by atoms with E-state index in [2.05, 4.69) is 9.88 Å². The smallest absolute Gasteiger partial charge is 0.410 e. The molecule has 8 nitrogen and oxygen atoms in total. The summed E-state index contributed by atoms with van der Waals surface area (Å²) in [6, 6.07) is 11.7. The molecule has 3 rings (SSSR count). The van der Waals surface area contributed by atoms with E-state index in [4.69, 9.17) is 9.94 Å². The summed E-state index contributed by atoms with van der Waals surface area (Å²) in [5.74, 6) is -0.687. The Kier molecular flexibility index (Phi) is 7.02. The number of nitrogens with zero attached hydrogens (tertiary/aromatic N) is 3. The zero-order chi connectivity index (χ0) is 20.6. The molecule has 29 heavy (non-hydrogen) atoms. The summed E-state index contributed by atoms with van der Waals surface area (Å²) in [6.07, 6.45) is 3.62. The number of carbonyl (C=O) groups excluding carboxylic acids is 2. The van der Waals surface area contributed by atoms with Crippen molar-refractivity contribution in [1.29, 1.82) is 0 Å². The van der Waals surface area contributed by atoms with E-state index in [9.17, 15) is 9.59 Å². The molecule has 1 aromatic heterocycles. The third-order valence-electron chi connectivity index (χ3n) is 5.02. The fourth-order valence-electron chi connectivity index (χ4n) is 3.27. The Hall–Kier alpha value is -3.13. The minimum Gasteiger partial charge on any atom is -0.444 e. The lowest BCUT2D eigenvalue weighted by atomic mass is 10.0. The van der Waals surface area contributed by atoms with Crippen LogP contribution in [0.1, 0.15) is 18.1 Å². The van der Waals surface area contributed by atoms with Gasteiger partial charge in [-0.05, 0) is 30.2 Å². The second kappa shape index (κ2) is 9.88. The Balaban J connectivity index is 1.46. The van der Waals surface area contributed by atoms with Crippen LogP contribution < -0.4 is 10.4 Å². The summed E-state index contributed by atoms with van der Waals surface area (Å²) < 4.78 is 5.37. The van der Waals surface area contributed by atoms with Crippen molar-refractivity contribution in [2.24, 2.45) is 5.92 Å². The number of hydrogen-bond acceptors (Lipinski definition) is 6. The number of nitrogens with one attached hydrogen (secondary N) is 1. The van der Waals surface area contributed by atoms with E-state index >= 15 is 0 Å². The summed E-state index contributed by atoms with van der Waals surface area (Å²) in [5.41, 5.74) is 4.66. The molecule has 2 aromatic rings. The first kappa shape index (κ1) is 20.6. The number of anilines is 1. The average Bonchev–Trinajstić information content (AvgIpc) is 2.78. The normalized spacial score (nSPS) is 15.0. The first-order valence-corrected chi connectivity index (χ1v) is 9.65. The maximum Gasteiger partial charge on any atom is 0.410 e. The standard InChI is InChI=1S/C21H26N4O4/c1-16(20(26)23-28)13-17-4-6-19(7-5-17)24-9-11-25(12-10-24)21(27)29-15-18-3-2-8-22-14-18/h2-8,14,16,28H,9-13,15H2,1H3,(H,23,26). The maximum absolute atomic E-state index is 12.3. The Morgan fingerprint density at radius 3 is 2.48 bits per heavy atom. The summed E-state index contributed by atoms with van der Waals surface area (Å²) in [5, 5.41) is 8.70. The van der Waals surface area contributed by atoms with Crippen molar-refractivity contribution >= 4 is 17.7 Å². The van der Waals surface area contributed by atoms with Crippen LogP contribution in [-0.4, -0.2) is 53.3 Å². The van der Waals surface area contributed by atoms with Gasteiger partial charge in [0.2, 0.25) is 5.91 Å². The monoisotopic (exact) mass is 398 g/mol. The summed E-state index contributed by atoms with van der Waals surface area (Å²) in [6.45, 7) is 4.64. The molecule has 1 aliphatic heterocycles. The van der Waals surface area contributed by atoms with E-state index in [0.29, 0.717) is 19.5 Å². The van der Waals surface area contributed by atoms with Crippen LogP contribution in [0.2, 0.25) is 0 Å². The quantitative estimate of drug-likeness (QED) is 0.572. The van der Waals surface area contributed by atoms with Gasteiger partial charge in [-0.25, -0.2) is 10.3 Å². The van der Waals surface area contributed by atoms with Gasteiger partial charge in [-0.2, -0.15) is 0 Å². The lowest BCUT2D eigenvalue weighted by Gasteiger charge is -2.35. The highest BCUT2D eigenvalue weighted by Crippen LogP contribution is 2.19. The molecule has 2 amide bonds. The van der Waals surface area contributed by atoms with Crippen LogP contribution in [0.15, 0.2) is 48.8 Å². The van der Waals surface area contributed by atoms with E-state index in [1.165, 1.54) is 0 Å². The highest BCUT2D eigenvalue weighted by molar-refractivity contribution is 5.77. The molecule has 8 heteroatoms. The van der Waals surface area contributed by atoms with Gasteiger partial charge in [-0.1, -0.05) is 25.1 Å². The minimum atomic E-state index is -0.388. The molecule has 1 atom stereocenters. The van der Waals surface area contributed by atoms with Gasteiger partial charge < -0.3 is 14.5 Å². The number of amides is 2. The maximum atomic E-state index is 12.3. The molecular weight excluding hydrogens is 372 g/mol. The molecule has 0 bridgehead atoms. The van der Waals surface area contributed by atoms with Crippen LogP contribution in [0.4, 0.5) is 10.5 Å². The first-order valence-electron chi connectivity index (χ1n) is 9.65. The van der Waals surface area contributed by atoms with Crippen molar-refractivity contribution in [3.05, 3.63) is 59.9 Å². The molecule has 2 N–H and O–H groups in total. The average molecular weight is 398 g/mol. The van der Waals surface area contributed by atoms with Crippen molar-refractivity contribution in [1.82, 2.24) is 15.4 Å². The lowest BCUT2D eigenvalue weighted by Crippen LogP contribution is -2.48. The van der Waals surface area contributed by atoms with Gasteiger partial charge in [0.1, 0.15) is 6.61 Å². The van der Waals surface area contributed by atoms with Crippen LogP contribution in [0.3, 0.4) is 0 Å². The predicted molar refractivity (Wildman–Crippen MR) is 107 cm³/mol. The Bertz CT molecular complexity index is 805. The zero-order valence-electron chi connectivity index (χ0n) is 16.5. The van der Waals surface area contributed by atoms with E-state index < -0.39 is 0 Å². The lowest BCUT2D eigenvalue weighted by molar-refractivity contribution is -0.132. The minimum absolute atomic E-state index is 0.223. The fourth-order valence-corrected chi connectivity index (χ4v) is 3.27. The van der Waals surface area contributed by atoms with Crippen LogP contribution in [-0.2, 0) is 22.6 Å². The van der Waals surface area contributed by atoms with Gasteiger partial charge in [-0.3, -0.25) is 15.0 Å². The van der Waals surface area contributed by atoms with E-state index in [1.54, 1.807) is 29.7 Å². The van der Waals surface area contributed by atoms with E-state index in [1.807, 2.05) is 36.4 Å². The molecule has 2 heterocycles. The molecule has 1 fully saturated rings. The molecule has 0 aliphatic carbocycles. The van der Waals surface area contributed by atoms with Gasteiger partial charge in [0.25, 0.3) is 0 Å².